The molecule has 19 heavy (non-hydrogen) atoms. The van der Waals surface area contributed by atoms with Gasteiger partial charge in [0.05, 0.1) is 17.2 Å². The Bertz CT molecular complexity index is 670. The highest BCUT2D eigenvalue weighted by atomic mass is 32.2. The molecule has 0 aliphatic carbocycles. The van der Waals surface area contributed by atoms with Crippen LogP contribution in [0.15, 0.2) is 23.4 Å². The van der Waals surface area contributed by atoms with E-state index >= 15 is 0 Å². The summed E-state index contributed by atoms with van der Waals surface area (Å²) in [7, 11) is -7.07. The highest BCUT2D eigenvalue weighted by Gasteiger charge is 2.29. The summed E-state index contributed by atoms with van der Waals surface area (Å²) in [6.45, 7) is 0. The van der Waals surface area contributed by atoms with Gasteiger partial charge in [0.15, 0.2) is 14.9 Å². The van der Waals surface area contributed by atoms with Gasteiger partial charge in [-0.2, -0.15) is 0 Å². The van der Waals surface area contributed by atoms with Crippen LogP contribution in [0.5, 0.6) is 0 Å². The van der Waals surface area contributed by atoms with Crippen LogP contribution in [-0.2, 0) is 19.9 Å². The van der Waals surface area contributed by atoms with Crippen molar-refractivity contribution in [2.75, 3.05) is 17.2 Å². The van der Waals surface area contributed by atoms with Crippen molar-refractivity contribution >= 4 is 25.5 Å². The third-order valence-corrected chi connectivity index (χ3v) is 6.15. The normalized spacial score (nSPS) is 23.1. The second kappa shape index (κ2) is 5.06. The number of anilines is 1. The van der Waals surface area contributed by atoms with Gasteiger partial charge in [-0.05, 0) is 25.0 Å². The molecule has 7 nitrogen and oxygen atoms in total. The molecule has 0 aromatic carbocycles. The lowest BCUT2D eigenvalue weighted by molar-refractivity contribution is 0.516. The monoisotopic (exact) mass is 305 g/mol. The van der Waals surface area contributed by atoms with Crippen LogP contribution in [-0.4, -0.2) is 39.4 Å². The van der Waals surface area contributed by atoms with E-state index in [0.717, 1.165) is 0 Å². The summed E-state index contributed by atoms with van der Waals surface area (Å²) in [5, 5.41) is -0.266. The number of nitrogens with zero attached hydrogens (tertiary/aromatic N) is 1. The number of rotatable bonds is 3. The summed E-state index contributed by atoms with van der Waals surface area (Å²) in [4.78, 5) is 3.73. The predicted octanol–water partition coefficient (Wildman–Crippen LogP) is -0.481. The van der Waals surface area contributed by atoms with E-state index in [0.29, 0.717) is 12.8 Å². The topological polar surface area (TPSA) is 119 Å². The summed E-state index contributed by atoms with van der Waals surface area (Å²) in [6, 6.07) is 2.34. The van der Waals surface area contributed by atoms with Crippen LogP contribution in [0.3, 0.4) is 0 Å². The van der Waals surface area contributed by atoms with Gasteiger partial charge in [-0.1, -0.05) is 0 Å². The Hall–Kier alpha value is -1.19. The highest BCUT2D eigenvalue weighted by molar-refractivity contribution is 7.91. The van der Waals surface area contributed by atoms with Gasteiger partial charge < -0.3 is 5.73 Å². The van der Waals surface area contributed by atoms with E-state index in [2.05, 4.69) is 9.71 Å². The predicted molar refractivity (Wildman–Crippen MR) is 70.6 cm³/mol. The Morgan fingerprint density at radius 2 is 2.16 bits per heavy atom. The smallest absolute Gasteiger partial charge is 0.260 e. The number of nitrogens with two attached hydrogens (primary N) is 1. The van der Waals surface area contributed by atoms with Crippen molar-refractivity contribution in [2.45, 2.75) is 23.9 Å². The first-order chi connectivity index (χ1) is 8.80. The molecule has 9 heteroatoms. The van der Waals surface area contributed by atoms with Gasteiger partial charge in [0.1, 0.15) is 0 Å². The van der Waals surface area contributed by atoms with Crippen molar-refractivity contribution in [3.8, 4) is 0 Å². The maximum atomic E-state index is 12.1. The number of sulfonamides is 1. The van der Waals surface area contributed by atoms with Gasteiger partial charge in [-0.15, -0.1) is 0 Å². The lowest BCUT2D eigenvalue weighted by atomic mass is 10.2. The Balaban J connectivity index is 2.21. The van der Waals surface area contributed by atoms with Crippen LogP contribution in [0.4, 0.5) is 5.69 Å². The molecule has 0 amide bonds. The molecule has 1 atom stereocenters. The van der Waals surface area contributed by atoms with Crippen molar-refractivity contribution in [3.63, 3.8) is 0 Å². The van der Waals surface area contributed by atoms with Crippen molar-refractivity contribution in [2.24, 2.45) is 0 Å². The van der Waals surface area contributed by atoms with Crippen LogP contribution >= 0.6 is 0 Å². The molecule has 1 fully saturated rings. The summed E-state index contributed by atoms with van der Waals surface area (Å²) in [5.41, 5.74) is 5.60. The van der Waals surface area contributed by atoms with E-state index in [1.165, 1.54) is 18.3 Å². The van der Waals surface area contributed by atoms with Gasteiger partial charge in [0.2, 0.25) is 0 Å². The average Bonchev–Trinajstić information content (AvgIpc) is 2.27. The van der Waals surface area contributed by atoms with Gasteiger partial charge in [0.25, 0.3) is 10.0 Å². The molecule has 2 rings (SSSR count). The van der Waals surface area contributed by atoms with Crippen molar-refractivity contribution < 1.29 is 16.8 Å². The van der Waals surface area contributed by atoms with Crippen LogP contribution < -0.4 is 10.5 Å². The van der Waals surface area contributed by atoms with Crippen molar-refractivity contribution in [3.05, 3.63) is 18.3 Å². The first-order valence-corrected chi connectivity index (χ1v) is 9.04. The Labute approximate surface area is 112 Å². The quantitative estimate of drug-likeness (QED) is 0.778. The SMILES string of the molecule is Nc1cccnc1S(=O)(=O)NC1CCCS(=O)(=O)C1. The highest BCUT2D eigenvalue weighted by Crippen LogP contribution is 2.18. The molecule has 1 aromatic rings. The fraction of sp³-hybridized carbons (Fsp3) is 0.500. The molecule has 1 saturated heterocycles. The summed E-state index contributed by atoms with van der Waals surface area (Å²) in [5.74, 6) is -0.0735. The zero-order valence-corrected chi connectivity index (χ0v) is 11.7. The average molecular weight is 305 g/mol. The summed E-state index contributed by atoms with van der Waals surface area (Å²) in [6.07, 6.45) is 2.26. The van der Waals surface area contributed by atoms with Gasteiger partial charge >= 0.3 is 0 Å². The van der Waals surface area contributed by atoms with Crippen LogP contribution in [0.1, 0.15) is 12.8 Å². The standard InChI is InChI=1S/C10H15N3O4S2/c11-9-4-1-5-12-10(9)19(16,17)13-8-3-2-6-18(14,15)7-8/h1,4-5,8,13H,2-3,6-7,11H2. The second-order valence-electron chi connectivity index (χ2n) is 4.47. The van der Waals surface area contributed by atoms with E-state index in [9.17, 15) is 16.8 Å². The molecule has 3 N–H and O–H groups in total. The van der Waals surface area contributed by atoms with E-state index in [4.69, 9.17) is 5.73 Å². The molecular formula is C10H15N3O4S2. The number of hydrogen-bond donors (Lipinski definition) is 2. The lowest BCUT2D eigenvalue weighted by Crippen LogP contribution is -2.43. The van der Waals surface area contributed by atoms with E-state index in [-0.39, 0.29) is 22.2 Å². The van der Waals surface area contributed by atoms with Crippen molar-refractivity contribution in [1.82, 2.24) is 9.71 Å². The number of hydrogen-bond acceptors (Lipinski definition) is 6. The molecule has 1 aliphatic rings. The fourth-order valence-corrected chi connectivity index (χ4v) is 5.09. The molecule has 0 bridgehead atoms. The molecule has 1 aliphatic heterocycles. The van der Waals surface area contributed by atoms with Crippen LogP contribution in [0.25, 0.3) is 0 Å². The molecule has 0 spiro atoms. The van der Waals surface area contributed by atoms with Gasteiger partial charge in [-0.3, -0.25) is 0 Å². The van der Waals surface area contributed by atoms with E-state index < -0.39 is 25.9 Å². The Morgan fingerprint density at radius 1 is 1.42 bits per heavy atom. The number of nitrogen functional groups attached to an aromatic ring is 1. The van der Waals surface area contributed by atoms with Crippen molar-refractivity contribution in [1.29, 1.82) is 0 Å². The zero-order valence-electron chi connectivity index (χ0n) is 10.1. The zero-order chi connectivity index (χ0) is 14.1. The number of aromatic nitrogens is 1. The molecule has 1 aromatic heterocycles. The maximum absolute atomic E-state index is 12.1. The first-order valence-electron chi connectivity index (χ1n) is 5.73. The maximum Gasteiger partial charge on any atom is 0.260 e. The van der Waals surface area contributed by atoms with Gasteiger partial charge in [-0.25, -0.2) is 26.5 Å². The first kappa shape index (κ1) is 14.2. The number of sulfone groups is 1. The molecule has 106 valence electrons. The largest absolute Gasteiger partial charge is 0.396 e. The molecule has 0 radical (unpaired) electrons. The second-order valence-corrected chi connectivity index (χ2v) is 8.33. The summed E-state index contributed by atoms with van der Waals surface area (Å²) < 4.78 is 49.5. The van der Waals surface area contributed by atoms with Gasteiger partial charge in [0, 0.05) is 12.2 Å². The molecule has 2 heterocycles. The Morgan fingerprint density at radius 3 is 2.79 bits per heavy atom. The molecule has 1 unspecified atom stereocenters. The minimum atomic E-state index is -3.89. The van der Waals surface area contributed by atoms with E-state index in [1.54, 1.807) is 0 Å². The van der Waals surface area contributed by atoms with Crippen LogP contribution in [0, 0.1) is 0 Å². The minimum Gasteiger partial charge on any atom is -0.396 e. The Kier molecular flexibility index (Phi) is 3.79. The number of pyridine rings is 1. The minimum absolute atomic E-state index is 0.0358. The van der Waals surface area contributed by atoms with E-state index in [1.807, 2.05) is 0 Å². The molecular weight excluding hydrogens is 290 g/mol. The number of nitrogens with one attached hydrogen (secondary N) is 1. The molecule has 0 saturated carbocycles. The van der Waals surface area contributed by atoms with Crippen LogP contribution in [0.2, 0.25) is 0 Å². The lowest BCUT2D eigenvalue weighted by Gasteiger charge is -2.22. The fourth-order valence-electron chi connectivity index (χ4n) is 2.02. The third kappa shape index (κ3) is 3.43. The third-order valence-electron chi connectivity index (χ3n) is 2.84. The summed E-state index contributed by atoms with van der Waals surface area (Å²) >= 11 is 0.